The fourth-order valence-corrected chi connectivity index (χ4v) is 2.41. The molecule has 0 bridgehead atoms. The highest BCUT2D eigenvalue weighted by molar-refractivity contribution is 6.33. The molecule has 2 rings (SSSR count). The molecule has 5 nitrogen and oxygen atoms in total. The Morgan fingerprint density at radius 2 is 1.64 bits per heavy atom. The quantitative estimate of drug-likeness (QED) is 0.589. The second-order valence-electron chi connectivity index (χ2n) is 4.62. The van der Waals surface area contributed by atoms with Gasteiger partial charge in [0.05, 0.1) is 10.6 Å². The number of pyridine rings is 1. The number of nitrogens with one attached hydrogen (secondary N) is 1. The first-order valence-electron chi connectivity index (χ1n) is 6.15. The van der Waals surface area contributed by atoms with Crippen LogP contribution in [0.1, 0.15) is 16.7 Å². The van der Waals surface area contributed by atoms with E-state index in [9.17, 15) is 26.7 Å². The molecule has 11 heteroatoms. The molecular formula is C14H4ClF5N4O. The summed E-state index contributed by atoms with van der Waals surface area (Å²) in [7, 11) is 0. The lowest BCUT2D eigenvalue weighted by atomic mass is 9.94. The van der Waals surface area contributed by atoms with Crippen LogP contribution in [-0.2, 0) is 6.18 Å². The Kier molecular flexibility index (Phi) is 4.43. The highest BCUT2D eigenvalue weighted by Crippen LogP contribution is 2.41. The van der Waals surface area contributed by atoms with Crippen molar-refractivity contribution < 1.29 is 22.0 Å². The number of rotatable bonds is 1. The van der Waals surface area contributed by atoms with Crippen molar-refractivity contribution in [3.63, 3.8) is 0 Å². The van der Waals surface area contributed by atoms with E-state index in [0.717, 1.165) is 0 Å². The molecule has 0 aliphatic rings. The van der Waals surface area contributed by atoms with Gasteiger partial charge in [0, 0.05) is 11.1 Å². The van der Waals surface area contributed by atoms with Crippen LogP contribution in [0.4, 0.5) is 27.8 Å². The number of alkyl halides is 3. The van der Waals surface area contributed by atoms with Gasteiger partial charge in [-0.2, -0.15) is 23.7 Å². The number of nitrogen functional groups attached to an aromatic ring is 1. The first-order chi connectivity index (χ1) is 11.5. The van der Waals surface area contributed by atoms with Crippen molar-refractivity contribution in [2.24, 2.45) is 0 Å². The SMILES string of the molecule is N#Cc1c(N)[nH]c(=O)c(C#N)c1-c1c(Cl)cc(C(F)(F)F)c(F)c1F. The monoisotopic (exact) mass is 374 g/mol. The van der Waals surface area contributed by atoms with Crippen LogP contribution in [-0.4, -0.2) is 4.98 Å². The summed E-state index contributed by atoms with van der Waals surface area (Å²) in [6.07, 6.45) is -5.24. The number of aromatic nitrogens is 1. The van der Waals surface area contributed by atoms with Crippen LogP contribution in [0.2, 0.25) is 5.02 Å². The molecule has 0 atom stereocenters. The molecule has 3 N–H and O–H groups in total. The molecule has 1 aromatic heterocycles. The average Bonchev–Trinajstić information content (AvgIpc) is 2.50. The van der Waals surface area contributed by atoms with E-state index in [4.69, 9.17) is 27.9 Å². The maximum atomic E-state index is 14.3. The van der Waals surface area contributed by atoms with Crippen LogP contribution in [0.15, 0.2) is 10.9 Å². The zero-order chi connectivity index (χ0) is 19.1. The number of hydrogen-bond acceptors (Lipinski definition) is 4. The fraction of sp³-hybridized carbons (Fsp3) is 0.0714. The van der Waals surface area contributed by atoms with Crippen molar-refractivity contribution in [1.29, 1.82) is 10.5 Å². The Hall–Kier alpha value is -3.11. The van der Waals surface area contributed by atoms with Crippen molar-refractivity contribution in [2.45, 2.75) is 6.18 Å². The third-order valence-electron chi connectivity index (χ3n) is 3.18. The number of aromatic amines is 1. The maximum Gasteiger partial charge on any atom is 0.419 e. The molecule has 25 heavy (non-hydrogen) atoms. The summed E-state index contributed by atoms with van der Waals surface area (Å²) in [4.78, 5) is 13.7. The van der Waals surface area contributed by atoms with E-state index in [0.29, 0.717) is 0 Å². The van der Waals surface area contributed by atoms with E-state index >= 15 is 0 Å². The van der Waals surface area contributed by atoms with E-state index in [1.165, 1.54) is 12.1 Å². The van der Waals surface area contributed by atoms with Crippen LogP contribution in [0, 0.1) is 34.3 Å². The van der Waals surface area contributed by atoms with Crippen LogP contribution < -0.4 is 11.3 Å². The second kappa shape index (κ2) is 6.07. The number of nitrogens with two attached hydrogens (primary N) is 1. The van der Waals surface area contributed by atoms with E-state index in [-0.39, 0.29) is 6.07 Å². The standard InChI is InChI=1S/C14H4ClF5N4O/c15-7-1-6(14(18,19)20)10(16)11(17)9(7)8-4(2-21)12(23)24-13(25)5(8)3-22/h1H,(H3,23,24,25). The van der Waals surface area contributed by atoms with Gasteiger partial charge in [-0.3, -0.25) is 4.79 Å². The van der Waals surface area contributed by atoms with Crippen molar-refractivity contribution >= 4 is 17.4 Å². The van der Waals surface area contributed by atoms with Crippen molar-refractivity contribution in [1.82, 2.24) is 4.98 Å². The summed E-state index contributed by atoms with van der Waals surface area (Å²) in [5.74, 6) is -4.95. The normalized spacial score (nSPS) is 11.0. The van der Waals surface area contributed by atoms with E-state index in [1.807, 2.05) is 4.98 Å². The molecule has 1 heterocycles. The minimum absolute atomic E-state index is 0.0923. The van der Waals surface area contributed by atoms with Gasteiger partial charge in [0.2, 0.25) is 0 Å². The van der Waals surface area contributed by atoms with Gasteiger partial charge in [-0.15, -0.1) is 0 Å². The number of nitriles is 2. The lowest BCUT2D eigenvalue weighted by Crippen LogP contribution is -2.17. The van der Waals surface area contributed by atoms with Crippen molar-refractivity contribution in [2.75, 3.05) is 5.73 Å². The Bertz CT molecular complexity index is 1030. The van der Waals surface area contributed by atoms with Crippen LogP contribution in [0.5, 0.6) is 0 Å². The van der Waals surface area contributed by atoms with Gasteiger partial charge in [0.15, 0.2) is 11.6 Å². The molecule has 2 aromatic rings. The molecule has 1 aromatic carbocycles. The number of anilines is 1. The average molecular weight is 375 g/mol. The number of hydrogen-bond donors (Lipinski definition) is 2. The van der Waals surface area contributed by atoms with Crippen LogP contribution in [0.25, 0.3) is 11.1 Å². The summed E-state index contributed by atoms with van der Waals surface area (Å²) < 4.78 is 66.3. The molecular weight excluding hydrogens is 371 g/mol. The Balaban J connectivity index is 3.05. The highest BCUT2D eigenvalue weighted by Gasteiger charge is 2.38. The summed E-state index contributed by atoms with van der Waals surface area (Å²) in [6.45, 7) is 0. The van der Waals surface area contributed by atoms with Crippen LogP contribution in [0.3, 0.4) is 0 Å². The van der Waals surface area contributed by atoms with E-state index in [1.54, 1.807) is 0 Å². The number of nitrogens with zero attached hydrogens (tertiary/aromatic N) is 2. The Morgan fingerprint density at radius 3 is 2.12 bits per heavy atom. The summed E-state index contributed by atoms with van der Waals surface area (Å²) >= 11 is 5.63. The minimum Gasteiger partial charge on any atom is -0.384 e. The summed E-state index contributed by atoms with van der Waals surface area (Å²) in [5, 5.41) is 17.2. The third kappa shape index (κ3) is 2.88. The first-order valence-corrected chi connectivity index (χ1v) is 6.53. The van der Waals surface area contributed by atoms with Gasteiger partial charge in [-0.1, -0.05) is 11.6 Å². The molecule has 0 fully saturated rings. The number of benzene rings is 1. The van der Waals surface area contributed by atoms with Gasteiger partial charge in [-0.05, 0) is 6.07 Å². The minimum atomic E-state index is -5.24. The molecule has 0 aliphatic carbocycles. The van der Waals surface area contributed by atoms with Crippen LogP contribution >= 0.6 is 11.6 Å². The molecule has 0 amide bonds. The topological polar surface area (TPSA) is 106 Å². The zero-order valence-corrected chi connectivity index (χ0v) is 12.5. The molecule has 128 valence electrons. The second-order valence-corrected chi connectivity index (χ2v) is 5.03. The fourth-order valence-electron chi connectivity index (χ4n) is 2.12. The predicted molar refractivity (Wildman–Crippen MR) is 76.3 cm³/mol. The molecule has 0 saturated carbocycles. The molecule has 0 radical (unpaired) electrons. The third-order valence-corrected chi connectivity index (χ3v) is 3.48. The zero-order valence-electron chi connectivity index (χ0n) is 11.7. The van der Waals surface area contributed by atoms with Gasteiger partial charge < -0.3 is 10.7 Å². The van der Waals surface area contributed by atoms with Gasteiger partial charge >= 0.3 is 6.18 Å². The lowest BCUT2D eigenvalue weighted by molar-refractivity contribution is -0.140. The molecule has 0 saturated heterocycles. The van der Waals surface area contributed by atoms with Gasteiger partial charge in [-0.25, -0.2) is 8.78 Å². The smallest absolute Gasteiger partial charge is 0.384 e. The lowest BCUT2D eigenvalue weighted by Gasteiger charge is -2.15. The van der Waals surface area contributed by atoms with Crippen molar-refractivity contribution in [3.8, 4) is 23.3 Å². The maximum absolute atomic E-state index is 14.3. The van der Waals surface area contributed by atoms with Gasteiger partial charge in [0.1, 0.15) is 29.1 Å². The Labute approximate surface area is 140 Å². The molecule has 0 unspecified atom stereocenters. The van der Waals surface area contributed by atoms with Crippen molar-refractivity contribution in [3.05, 3.63) is 49.8 Å². The molecule has 0 aliphatic heterocycles. The van der Waals surface area contributed by atoms with E-state index < -0.39 is 62.0 Å². The van der Waals surface area contributed by atoms with Gasteiger partial charge in [0.25, 0.3) is 5.56 Å². The predicted octanol–water partition coefficient (Wildman–Crippen LogP) is 3.32. The molecule has 0 spiro atoms. The van der Waals surface area contributed by atoms with E-state index in [2.05, 4.69) is 0 Å². The summed E-state index contributed by atoms with van der Waals surface area (Å²) in [5.41, 5.74) is -1.05. The first kappa shape index (κ1) is 18.2. The largest absolute Gasteiger partial charge is 0.419 e. The Morgan fingerprint density at radius 1 is 1.08 bits per heavy atom. The highest BCUT2D eigenvalue weighted by atomic mass is 35.5. The number of halogens is 6. The number of H-pyrrole nitrogens is 1. The summed E-state index contributed by atoms with van der Waals surface area (Å²) in [6, 6.07) is 2.92.